The van der Waals surface area contributed by atoms with Crippen molar-refractivity contribution in [1.29, 1.82) is 0 Å². The molecule has 1 spiro atoms. The lowest BCUT2D eigenvalue weighted by atomic mass is 9.74. The van der Waals surface area contributed by atoms with Gasteiger partial charge >= 0.3 is 0 Å². The number of fused-ring (bicyclic) bond motifs is 2. The van der Waals surface area contributed by atoms with Crippen molar-refractivity contribution in [1.82, 2.24) is 4.90 Å². The Morgan fingerprint density at radius 2 is 1.84 bits per heavy atom. The van der Waals surface area contributed by atoms with Gasteiger partial charge in [0.05, 0.1) is 19.1 Å². The predicted octanol–water partition coefficient (Wildman–Crippen LogP) is 4.95. The zero-order valence-corrected chi connectivity index (χ0v) is 20.8. The van der Waals surface area contributed by atoms with Gasteiger partial charge in [-0.3, -0.25) is 19.8 Å². The number of rotatable bonds is 6. The van der Waals surface area contributed by atoms with E-state index in [-0.39, 0.29) is 22.8 Å². The number of nitro benzene ring substituents is 1. The standard InChI is InChI=1S/C28H28FN3O5/c1-36-23-5-3-4-19(15-23)27(33)31-18-28(24-16-21(29)6-8-25(24)31)10-12-30(13-11-28)17-20-14-22(32(34)35)7-9-26(20)37-2/h3-9,14-16H,10-13,17-18H2,1-2H3. The summed E-state index contributed by atoms with van der Waals surface area (Å²) in [6.07, 6.45) is 1.45. The first kappa shape index (κ1) is 24.7. The van der Waals surface area contributed by atoms with Crippen molar-refractivity contribution in [3.8, 4) is 11.5 Å². The summed E-state index contributed by atoms with van der Waals surface area (Å²) in [6, 6.07) is 16.3. The molecule has 0 aliphatic carbocycles. The SMILES string of the molecule is COc1cccc(C(=O)N2CC3(CCN(Cc4cc([N+](=O)[O-])ccc4OC)CC3)c3cc(F)ccc32)c1. The largest absolute Gasteiger partial charge is 0.497 e. The number of anilines is 1. The van der Waals surface area contributed by atoms with Gasteiger partial charge in [0.25, 0.3) is 11.6 Å². The molecule has 0 bridgehead atoms. The molecule has 2 aliphatic heterocycles. The summed E-state index contributed by atoms with van der Waals surface area (Å²) in [5.41, 5.74) is 2.52. The number of ether oxygens (including phenoxy) is 2. The zero-order chi connectivity index (χ0) is 26.2. The lowest BCUT2D eigenvalue weighted by Crippen LogP contribution is -2.45. The summed E-state index contributed by atoms with van der Waals surface area (Å²) < 4.78 is 25.1. The van der Waals surface area contributed by atoms with Gasteiger partial charge in [-0.1, -0.05) is 6.07 Å². The van der Waals surface area contributed by atoms with E-state index in [1.165, 1.54) is 12.1 Å². The van der Waals surface area contributed by atoms with Crippen LogP contribution in [0.4, 0.5) is 15.8 Å². The molecule has 2 aliphatic rings. The highest BCUT2D eigenvalue weighted by molar-refractivity contribution is 6.08. The fraction of sp³-hybridized carbons (Fsp3) is 0.321. The summed E-state index contributed by atoms with van der Waals surface area (Å²) in [5, 5.41) is 11.3. The number of benzene rings is 3. The van der Waals surface area contributed by atoms with Crippen molar-refractivity contribution in [3.05, 3.63) is 93.3 Å². The number of hydrogen-bond donors (Lipinski definition) is 0. The van der Waals surface area contributed by atoms with Crippen molar-refractivity contribution < 1.29 is 23.6 Å². The minimum atomic E-state index is -0.411. The number of hydrogen-bond acceptors (Lipinski definition) is 6. The van der Waals surface area contributed by atoms with E-state index in [1.807, 2.05) is 0 Å². The highest BCUT2D eigenvalue weighted by Crippen LogP contribution is 2.48. The van der Waals surface area contributed by atoms with Crippen LogP contribution in [0.1, 0.15) is 34.3 Å². The van der Waals surface area contributed by atoms with Crippen molar-refractivity contribution >= 4 is 17.3 Å². The Morgan fingerprint density at radius 3 is 2.54 bits per heavy atom. The van der Waals surface area contributed by atoms with Gasteiger partial charge in [-0.25, -0.2) is 4.39 Å². The van der Waals surface area contributed by atoms with Crippen LogP contribution in [-0.4, -0.2) is 49.6 Å². The highest BCUT2D eigenvalue weighted by Gasteiger charge is 2.46. The first-order valence-electron chi connectivity index (χ1n) is 12.1. The van der Waals surface area contributed by atoms with E-state index in [2.05, 4.69) is 4.90 Å². The summed E-state index contributed by atoms with van der Waals surface area (Å²) in [4.78, 5) is 28.4. The molecule has 3 aromatic rings. The molecule has 0 radical (unpaired) electrons. The number of nitrogens with zero attached hydrogens (tertiary/aromatic N) is 3. The maximum atomic E-state index is 14.4. The van der Waals surface area contributed by atoms with Gasteiger partial charge in [0.15, 0.2) is 0 Å². The summed E-state index contributed by atoms with van der Waals surface area (Å²) in [6.45, 7) is 2.37. The Kier molecular flexibility index (Phi) is 6.55. The fourth-order valence-corrected chi connectivity index (χ4v) is 5.54. The summed E-state index contributed by atoms with van der Waals surface area (Å²) in [7, 11) is 3.11. The van der Waals surface area contributed by atoms with E-state index in [1.54, 1.807) is 67.7 Å². The van der Waals surface area contributed by atoms with Crippen LogP contribution >= 0.6 is 0 Å². The van der Waals surface area contributed by atoms with Crippen LogP contribution in [0.15, 0.2) is 60.7 Å². The molecule has 1 fully saturated rings. The van der Waals surface area contributed by atoms with Crippen LogP contribution in [0, 0.1) is 15.9 Å². The van der Waals surface area contributed by atoms with Crippen LogP contribution in [0.25, 0.3) is 0 Å². The first-order valence-corrected chi connectivity index (χ1v) is 12.1. The van der Waals surface area contributed by atoms with Gasteiger partial charge in [0.2, 0.25) is 0 Å². The van der Waals surface area contributed by atoms with E-state index in [0.717, 1.165) is 29.7 Å². The molecule has 1 amide bonds. The fourth-order valence-electron chi connectivity index (χ4n) is 5.54. The molecule has 9 heteroatoms. The van der Waals surface area contributed by atoms with E-state index in [0.29, 0.717) is 43.2 Å². The van der Waals surface area contributed by atoms with Crippen LogP contribution in [-0.2, 0) is 12.0 Å². The second-order valence-electron chi connectivity index (χ2n) is 9.59. The van der Waals surface area contributed by atoms with Gasteiger partial charge in [-0.15, -0.1) is 0 Å². The number of halogens is 1. The third-order valence-electron chi connectivity index (χ3n) is 7.53. The van der Waals surface area contributed by atoms with Crippen LogP contribution < -0.4 is 14.4 Å². The molecule has 5 rings (SSSR count). The van der Waals surface area contributed by atoms with E-state index in [4.69, 9.17) is 9.47 Å². The second-order valence-corrected chi connectivity index (χ2v) is 9.59. The molecule has 37 heavy (non-hydrogen) atoms. The number of nitro groups is 1. The third kappa shape index (κ3) is 4.62. The summed E-state index contributed by atoms with van der Waals surface area (Å²) >= 11 is 0. The average Bonchev–Trinajstić information content (AvgIpc) is 3.22. The van der Waals surface area contributed by atoms with Crippen molar-refractivity contribution in [2.45, 2.75) is 24.8 Å². The van der Waals surface area contributed by atoms with Gasteiger partial charge < -0.3 is 14.4 Å². The zero-order valence-electron chi connectivity index (χ0n) is 20.8. The van der Waals surface area contributed by atoms with Crippen LogP contribution in [0.3, 0.4) is 0 Å². The Labute approximate surface area is 214 Å². The smallest absolute Gasteiger partial charge is 0.270 e. The Balaban J connectivity index is 1.38. The highest BCUT2D eigenvalue weighted by atomic mass is 19.1. The minimum Gasteiger partial charge on any atom is -0.497 e. The van der Waals surface area contributed by atoms with E-state index >= 15 is 0 Å². The van der Waals surface area contributed by atoms with E-state index in [9.17, 15) is 19.3 Å². The molecular formula is C28H28FN3O5. The van der Waals surface area contributed by atoms with Crippen molar-refractivity contribution in [3.63, 3.8) is 0 Å². The number of methoxy groups -OCH3 is 2. The molecule has 1 saturated heterocycles. The van der Waals surface area contributed by atoms with Gasteiger partial charge in [0.1, 0.15) is 17.3 Å². The molecule has 0 unspecified atom stereocenters. The molecular weight excluding hydrogens is 477 g/mol. The number of carbonyl (C=O) groups is 1. The van der Waals surface area contributed by atoms with Gasteiger partial charge in [0, 0.05) is 47.5 Å². The lowest BCUT2D eigenvalue weighted by Gasteiger charge is -2.40. The molecule has 0 saturated carbocycles. The molecule has 192 valence electrons. The Morgan fingerprint density at radius 1 is 1.05 bits per heavy atom. The summed E-state index contributed by atoms with van der Waals surface area (Å²) in [5.74, 6) is 0.739. The van der Waals surface area contributed by atoms with Gasteiger partial charge in [-0.2, -0.15) is 0 Å². The molecule has 3 aromatic carbocycles. The lowest BCUT2D eigenvalue weighted by molar-refractivity contribution is -0.385. The molecule has 0 atom stereocenters. The average molecular weight is 506 g/mol. The van der Waals surface area contributed by atoms with Crippen molar-refractivity contribution in [2.24, 2.45) is 0 Å². The topological polar surface area (TPSA) is 85.2 Å². The second kappa shape index (κ2) is 9.82. The Bertz CT molecular complexity index is 1350. The van der Waals surface area contributed by atoms with Crippen LogP contribution in [0.5, 0.6) is 11.5 Å². The normalized spacial score (nSPS) is 16.5. The predicted molar refractivity (Wildman–Crippen MR) is 137 cm³/mol. The third-order valence-corrected chi connectivity index (χ3v) is 7.53. The Hall–Kier alpha value is -3.98. The molecule has 8 nitrogen and oxygen atoms in total. The number of non-ortho nitro benzene ring substituents is 1. The number of likely N-dealkylation sites (tertiary alicyclic amines) is 1. The monoisotopic (exact) mass is 505 g/mol. The van der Waals surface area contributed by atoms with Crippen LogP contribution in [0.2, 0.25) is 0 Å². The molecule has 0 aromatic heterocycles. The number of amides is 1. The number of piperidine rings is 1. The first-order chi connectivity index (χ1) is 17.8. The van der Waals surface area contributed by atoms with Gasteiger partial charge in [-0.05, 0) is 74.0 Å². The molecule has 0 N–H and O–H groups in total. The van der Waals surface area contributed by atoms with Crippen molar-refractivity contribution in [2.75, 3.05) is 38.8 Å². The number of carbonyl (C=O) groups excluding carboxylic acids is 1. The minimum absolute atomic E-state index is 0.0242. The maximum Gasteiger partial charge on any atom is 0.270 e. The quantitative estimate of drug-likeness (QED) is 0.348. The maximum absolute atomic E-state index is 14.4. The molecule has 2 heterocycles. The van der Waals surface area contributed by atoms with E-state index < -0.39 is 4.92 Å².